The highest BCUT2D eigenvalue weighted by molar-refractivity contribution is 5.99. The van der Waals surface area contributed by atoms with E-state index in [4.69, 9.17) is 0 Å². The summed E-state index contributed by atoms with van der Waals surface area (Å²) in [4.78, 5) is 31.2. The number of benzene rings is 1. The molecule has 4 heterocycles. The van der Waals surface area contributed by atoms with Crippen molar-refractivity contribution in [2.75, 3.05) is 24.5 Å². The molecule has 6 rings (SSSR count). The van der Waals surface area contributed by atoms with Crippen molar-refractivity contribution in [3.05, 3.63) is 60.0 Å². The van der Waals surface area contributed by atoms with Crippen LogP contribution in [0.1, 0.15) is 55.8 Å². The Hall–Kier alpha value is -3.22. The number of likely N-dealkylation sites (tertiary alicyclic amines) is 1. The number of carbonyl (C=O) groups excluding carboxylic acids is 2. The second-order valence-corrected chi connectivity index (χ2v) is 9.95. The second-order valence-electron chi connectivity index (χ2n) is 9.95. The number of anilines is 1. The lowest BCUT2D eigenvalue weighted by Gasteiger charge is -2.38. The lowest BCUT2D eigenvalue weighted by molar-refractivity contribution is -0.143. The first-order valence-corrected chi connectivity index (χ1v) is 12.7. The van der Waals surface area contributed by atoms with Crippen molar-refractivity contribution in [3.8, 4) is 0 Å². The number of piperidine rings is 1. The number of carbonyl (C=O) groups is 2. The van der Waals surface area contributed by atoms with Gasteiger partial charge in [0.1, 0.15) is 5.82 Å². The third-order valence-corrected chi connectivity index (χ3v) is 8.07. The first-order valence-electron chi connectivity index (χ1n) is 12.7. The second kappa shape index (κ2) is 8.85. The number of aromatic nitrogens is 3. The normalized spacial score (nSPS) is 23.3. The Morgan fingerprint density at radius 3 is 2.35 bits per heavy atom. The van der Waals surface area contributed by atoms with E-state index in [1.807, 2.05) is 52.4 Å². The number of fused-ring (bicyclic) bond motifs is 2. The van der Waals surface area contributed by atoms with Gasteiger partial charge in [0, 0.05) is 43.4 Å². The lowest BCUT2D eigenvalue weighted by atomic mass is 9.77. The van der Waals surface area contributed by atoms with Gasteiger partial charge in [0.2, 0.25) is 11.8 Å². The fourth-order valence-corrected chi connectivity index (χ4v) is 6.22. The zero-order chi connectivity index (χ0) is 23.1. The van der Waals surface area contributed by atoms with E-state index in [9.17, 15) is 9.59 Å². The summed E-state index contributed by atoms with van der Waals surface area (Å²) in [7, 11) is 0. The maximum Gasteiger partial charge on any atom is 0.230 e. The average molecular weight is 458 g/mol. The van der Waals surface area contributed by atoms with Crippen LogP contribution in [-0.4, -0.2) is 50.9 Å². The monoisotopic (exact) mass is 457 g/mol. The van der Waals surface area contributed by atoms with Crippen molar-refractivity contribution in [2.45, 2.75) is 50.9 Å². The molecule has 2 aromatic heterocycles. The summed E-state index contributed by atoms with van der Waals surface area (Å²) in [6.45, 7) is 2.16. The molecule has 2 aliphatic heterocycles. The SMILES string of the molecule is O=C(C1CCCCC1C(=O)N1CCc2ccccc21)N1CCC(c2nnc3ccccn23)CC1. The molecule has 2 fully saturated rings. The largest absolute Gasteiger partial charge is 0.342 e. The summed E-state index contributed by atoms with van der Waals surface area (Å²) in [5, 5.41) is 8.73. The molecule has 34 heavy (non-hydrogen) atoms. The van der Waals surface area contributed by atoms with Gasteiger partial charge in [-0.1, -0.05) is 37.1 Å². The van der Waals surface area contributed by atoms with E-state index < -0.39 is 0 Å². The standard InChI is InChI=1S/C27H31N5O2/c33-26(30-16-12-20(13-17-30)25-29-28-24-11-5-6-15-32(24)25)21-8-2-3-9-22(21)27(34)31-18-14-19-7-1-4-10-23(19)31/h1,4-7,10-11,15,20-22H,2-3,8-9,12-14,16-18H2. The molecule has 2 unspecified atom stereocenters. The van der Waals surface area contributed by atoms with Crippen LogP contribution >= 0.6 is 0 Å². The molecule has 1 aromatic carbocycles. The van der Waals surface area contributed by atoms with Crippen LogP contribution in [0.5, 0.6) is 0 Å². The predicted molar refractivity (Wildman–Crippen MR) is 129 cm³/mol. The smallest absolute Gasteiger partial charge is 0.230 e. The van der Waals surface area contributed by atoms with Crippen LogP contribution in [0.15, 0.2) is 48.7 Å². The van der Waals surface area contributed by atoms with E-state index in [0.717, 1.165) is 81.7 Å². The third-order valence-electron chi connectivity index (χ3n) is 8.07. The predicted octanol–water partition coefficient (Wildman–Crippen LogP) is 3.83. The number of hydrogen-bond acceptors (Lipinski definition) is 4. The van der Waals surface area contributed by atoms with Crippen molar-refractivity contribution < 1.29 is 9.59 Å². The molecule has 1 saturated carbocycles. The number of para-hydroxylation sites is 1. The Labute approximate surface area is 199 Å². The molecule has 2 amide bonds. The van der Waals surface area contributed by atoms with Gasteiger partial charge in [0.15, 0.2) is 5.65 Å². The topological polar surface area (TPSA) is 70.8 Å². The van der Waals surface area contributed by atoms with Gasteiger partial charge in [0.25, 0.3) is 0 Å². The molecule has 7 heteroatoms. The maximum absolute atomic E-state index is 13.7. The molecule has 3 aromatic rings. The number of rotatable bonds is 3. The molecule has 0 radical (unpaired) electrons. The number of pyridine rings is 1. The van der Waals surface area contributed by atoms with Crippen molar-refractivity contribution >= 4 is 23.1 Å². The Balaban J connectivity index is 1.14. The number of nitrogens with zero attached hydrogens (tertiary/aromatic N) is 5. The molecule has 0 N–H and O–H groups in total. The summed E-state index contributed by atoms with van der Waals surface area (Å²) in [6.07, 6.45) is 8.36. The van der Waals surface area contributed by atoms with Gasteiger partial charge in [-0.25, -0.2) is 0 Å². The Bertz CT molecular complexity index is 1210. The fourth-order valence-electron chi connectivity index (χ4n) is 6.22. The molecule has 1 aliphatic carbocycles. The fraction of sp³-hybridized carbons (Fsp3) is 0.481. The van der Waals surface area contributed by atoms with Crippen LogP contribution in [0.3, 0.4) is 0 Å². The van der Waals surface area contributed by atoms with E-state index in [1.165, 1.54) is 5.56 Å². The van der Waals surface area contributed by atoms with Crippen LogP contribution < -0.4 is 4.90 Å². The quantitative estimate of drug-likeness (QED) is 0.599. The molecular formula is C27H31N5O2. The van der Waals surface area contributed by atoms with Crippen LogP contribution in [0.4, 0.5) is 5.69 Å². The summed E-state index contributed by atoms with van der Waals surface area (Å²) in [6, 6.07) is 14.1. The number of amides is 2. The molecule has 0 bridgehead atoms. The average Bonchev–Trinajstić information content (AvgIpc) is 3.53. The van der Waals surface area contributed by atoms with Crippen LogP contribution in [0.25, 0.3) is 5.65 Å². The maximum atomic E-state index is 13.7. The molecule has 176 valence electrons. The Morgan fingerprint density at radius 1 is 0.794 bits per heavy atom. The Morgan fingerprint density at radius 2 is 1.53 bits per heavy atom. The minimum Gasteiger partial charge on any atom is -0.342 e. The number of hydrogen-bond donors (Lipinski definition) is 0. The summed E-state index contributed by atoms with van der Waals surface area (Å²) in [5.41, 5.74) is 3.13. The molecule has 2 atom stereocenters. The van der Waals surface area contributed by atoms with E-state index in [0.29, 0.717) is 5.92 Å². The van der Waals surface area contributed by atoms with E-state index in [1.54, 1.807) is 0 Å². The summed E-state index contributed by atoms with van der Waals surface area (Å²) >= 11 is 0. The van der Waals surface area contributed by atoms with Crippen LogP contribution in [-0.2, 0) is 16.0 Å². The van der Waals surface area contributed by atoms with E-state index in [-0.39, 0.29) is 23.7 Å². The Kier molecular flexibility index (Phi) is 5.55. The lowest BCUT2D eigenvalue weighted by Crippen LogP contribution is -2.48. The van der Waals surface area contributed by atoms with Crippen molar-refractivity contribution in [2.24, 2.45) is 11.8 Å². The first-order chi connectivity index (χ1) is 16.7. The van der Waals surface area contributed by atoms with Crippen molar-refractivity contribution in [1.82, 2.24) is 19.5 Å². The van der Waals surface area contributed by atoms with Gasteiger partial charge in [-0.3, -0.25) is 14.0 Å². The van der Waals surface area contributed by atoms with E-state index >= 15 is 0 Å². The highest BCUT2D eigenvalue weighted by atomic mass is 16.2. The van der Waals surface area contributed by atoms with Crippen molar-refractivity contribution in [1.29, 1.82) is 0 Å². The van der Waals surface area contributed by atoms with Gasteiger partial charge >= 0.3 is 0 Å². The molecule has 0 spiro atoms. The van der Waals surface area contributed by atoms with Gasteiger partial charge in [-0.2, -0.15) is 0 Å². The third kappa shape index (κ3) is 3.67. The first kappa shape index (κ1) is 21.3. The minimum absolute atomic E-state index is 0.146. The van der Waals surface area contributed by atoms with Gasteiger partial charge in [-0.15, -0.1) is 10.2 Å². The molecule has 1 saturated heterocycles. The minimum atomic E-state index is -0.203. The molecule has 3 aliphatic rings. The zero-order valence-corrected chi connectivity index (χ0v) is 19.5. The van der Waals surface area contributed by atoms with Gasteiger partial charge in [0.05, 0.1) is 5.92 Å². The molecular weight excluding hydrogens is 426 g/mol. The molecule has 7 nitrogen and oxygen atoms in total. The highest BCUT2D eigenvalue weighted by Crippen LogP contribution is 2.37. The van der Waals surface area contributed by atoms with Crippen LogP contribution in [0, 0.1) is 11.8 Å². The van der Waals surface area contributed by atoms with E-state index in [2.05, 4.69) is 20.7 Å². The van der Waals surface area contributed by atoms with Gasteiger partial charge in [-0.05, 0) is 55.9 Å². The van der Waals surface area contributed by atoms with Crippen LogP contribution in [0.2, 0.25) is 0 Å². The summed E-state index contributed by atoms with van der Waals surface area (Å²) in [5.74, 6) is 1.21. The summed E-state index contributed by atoms with van der Waals surface area (Å²) < 4.78 is 2.06. The van der Waals surface area contributed by atoms with Crippen molar-refractivity contribution in [3.63, 3.8) is 0 Å². The highest BCUT2D eigenvalue weighted by Gasteiger charge is 2.41. The van der Waals surface area contributed by atoms with Gasteiger partial charge < -0.3 is 9.80 Å². The zero-order valence-electron chi connectivity index (χ0n) is 19.5.